The van der Waals surface area contributed by atoms with Gasteiger partial charge in [-0.05, 0) is 36.3 Å². The highest BCUT2D eigenvalue weighted by Gasteiger charge is 2.59. The summed E-state index contributed by atoms with van der Waals surface area (Å²) in [5, 5.41) is 3.57. The van der Waals surface area contributed by atoms with E-state index in [2.05, 4.69) is 35.5 Å². The van der Waals surface area contributed by atoms with E-state index in [4.69, 9.17) is 0 Å². The SMILES string of the molecule is CSCC(C)CN1C(=O)C2(CC2)NC1c1ccccc1. The van der Waals surface area contributed by atoms with Crippen molar-refractivity contribution in [2.75, 3.05) is 18.6 Å². The van der Waals surface area contributed by atoms with Gasteiger partial charge < -0.3 is 4.90 Å². The number of nitrogens with one attached hydrogen (secondary N) is 1. The summed E-state index contributed by atoms with van der Waals surface area (Å²) in [5.74, 6) is 1.92. The Balaban J connectivity index is 1.81. The lowest BCUT2D eigenvalue weighted by Gasteiger charge is -2.27. The molecule has 1 amide bonds. The third-order valence-corrected chi connectivity index (χ3v) is 5.12. The Morgan fingerprint density at radius 2 is 2.10 bits per heavy atom. The Kier molecular flexibility index (Phi) is 3.78. The van der Waals surface area contributed by atoms with Crippen LogP contribution in [0.25, 0.3) is 0 Å². The van der Waals surface area contributed by atoms with E-state index in [1.165, 1.54) is 5.56 Å². The monoisotopic (exact) mass is 290 g/mol. The van der Waals surface area contributed by atoms with Crippen molar-refractivity contribution >= 4 is 17.7 Å². The highest BCUT2D eigenvalue weighted by Crippen LogP contribution is 2.46. The lowest BCUT2D eigenvalue weighted by molar-refractivity contribution is -0.131. The van der Waals surface area contributed by atoms with E-state index < -0.39 is 0 Å². The van der Waals surface area contributed by atoms with Gasteiger partial charge in [0, 0.05) is 6.54 Å². The molecular weight excluding hydrogens is 268 g/mol. The first-order valence-corrected chi connectivity index (χ1v) is 8.68. The van der Waals surface area contributed by atoms with Gasteiger partial charge >= 0.3 is 0 Å². The predicted octanol–water partition coefficient (Wildman–Crippen LogP) is 2.65. The van der Waals surface area contributed by atoms with Crippen molar-refractivity contribution in [3.05, 3.63) is 35.9 Å². The van der Waals surface area contributed by atoms with Crippen molar-refractivity contribution in [1.82, 2.24) is 10.2 Å². The second-order valence-electron chi connectivity index (χ2n) is 6.06. The summed E-state index contributed by atoms with van der Waals surface area (Å²) < 4.78 is 0. The van der Waals surface area contributed by atoms with Crippen LogP contribution in [-0.4, -0.2) is 34.9 Å². The first-order chi connectivity index (χ1) is 9.66. The topological polar surface area (TPSA) is 32.3 Å². The molecule has 2 atom stereocenters. The average Bonchev–Trinajstić information content (AvgIpc) is 3.19. The molecule has 108 valence electrons. The van der Waals surface area contributed by atoms with Crippen molar-refractivity contribution in [1.29, 1.82) is 0 Å². The molecule has 20 heavy (non-hydrogen) atoms. The Bertz CT molecular complexity index is 487. The number of nitrogens with zero attached hydrogens (tertiary/aromatic N) is 1. The summed E-state index contributed by atoms with van der Waals surface area (Å²) in [7, 11) is 0. The zero-order chi connectivity index (χ0) is 14.2. The van der Waals surface area contributed by atoms with Crippen molar-refractivity contribution in [3.63, 3.8) is 0 Å². The quantitative estimate of drug-likeness (QED) is 0.905. The van der Waals surface area contributed by atoms with Gasteiger partial charge in [0.15, 0.2) is 0 Å². The minimum absolute atomic E-state index is 0.0514. The highest BCUT2D eigenvalue weighted by atomic mass is 32.2. The van der Waals surface area contributed by atoms with Gasteiger partial charge in [-0.2, -0.15) is 11.8 Å². The summed E-state index contributed by atoms with van der Waals surface area (Å²) in [6.07, 6.45) is 4.15. The predicted molar refractivity (Wildman–Crippen MR) is 83.5 cm³/mol. The molecule has 1 aromatic rings. The van der Waals surface area contributed by atoms with Crippen LogP contribution in [0.2, 0.25) is 0 Å². The van der Waals surface area contributed by atoms with Gasteiger partial charge in [-0.1, -0.05) is 37.3 Å². The molecule has 0 bridgehead atoms. The zero-order valence-corrected chi connectivity index (χ0v) is 13.0. The van der Waals surface area contributed by atoms with Gasteiger partial charge in [0.2, 0.25) is 5.91 Å². The van der Waals surface area contributed by atoms with Gasteiger partial charge in [-0.25, -0.2) is 0 Å². The maximum atomic E-state index is 12.7. The smallest absolute Gasteiger partial charge is 0.244 e. The lowest BCUT2D eigenvalue weighted by Crippen LogP contribution is -2.35. The Labute approximate surface area is 125 Å². The molecule has 1 saturated carbocycles. The maximum Gasteiger partial charge on any atom is 0.244 e. The number of carbonyl (C=O) groups is 1. The van der Waals surface area contributed by atoms with Crippen molar-refractivity contribution in [2.45, 2.75) is 31.5 Å². The normalized spacial score (nSPS) is 25.2. The van der Waals surface area contributed by atoms with Crippen LogP contribution < -0.4 is 5.32 Å². The van der Waals surface area contributed by atoms with Crippen LogP contribution in [0.3, 0.4) is 0 Å². The zero-order valence-electron chi connectivity index (χ0n) is 12.1. The number of thioether (sulfide) groups is 1. The van der Waals surface area contributed by atoms with Crippen LogP contribution in [0.5, 0.6) is 0 Å². The van der Waals surface area contributed by atoms with Crippen molar-refractivity contribution < 1.29 is 4.79 Å². The lowest BCUT2D eigenvalue weighted by atomic mass is 10.1. The van der Waals surface area contributed by atoms with E-state index in [9.17, 15) is 4.79 Å². The number of carbonyl (C=O) groups excluding carboxylic acids is 1. The fraction of sp³-hybridized carbons (Fsp3) is 0.562. The molecule has 0 aromatic heterocycles. The standard InChI is InChI=1S/C16H22N2OS/c1-12(11-20-2)10-18-14(13-6-4-3-5-7-13)17-16(8-9-16)15(18)19/h3-7,12,14,17H,8-11H2,1-2H3. The van der Waals surface area contributed by atoms with Gasteiger partial charge in [-0.3, -0.25) is 10.1 Å². The summed E-state index contributed by atoms with van der Waals surface area (Å²) in [5.41, 5.74) is 0.959. The van der Waals surface area contributed by atoms with E-state index in [0.29, 0.717) is 11.8 Å². The summed E-state index contributed by atoms with van der Waals surface area (Å²) in [4.78, 5) is 14.7. The van der Waals surface area contributed by atoms with Gasteiger partial charge in [0.05, 0.1) is 0 Å². The molecule has 1 heterocycles. The number of hydrogen-bond acceptors (Lipinski definition) is 3. The molecule has 2 fully saturated rings. The summed E-state index contributed by atoms with van der Waals surface area (Å²) >= 11 is 1.85. The van der Waals surface area contributed by atoms with Crippen LogP contribution in [-0.2, 0) is 4.79 Å². The number of rotatable bonds is 5. The number of amides is 1. The molecule has 1 aliphatic carbocycles. The molecule has 1 saturated heterocycles. The minimum atomic E-state index is -0.237. The van der Waals surface area contributed by atoms with Crippen LogP contribution in [0, 0.1) is 5.92 Å². The molecule has 1 aromatic carbocycles. The third kappa shape index (κ3) is 2.47. The Morgan fingerprint density at radius 1 is 1.40 bits per heavy atom. The largest absolute Gasteiger partial charge is 0.321 e. The minimum Gasteiger partial charge on any atom is -0.321 e. The van der Waals surface area contributed by atoms with Gasteiger partial charge in [0.25, 0.3) is 0 Å². The van der Waals surface area contributed by atoms with Crippen LogP contribution in [0.4, 0.5) is 0 Å². The molecule has 1 aliphatic heterocycles. The molecule has 2 unspecified atom stereocenters. The molecule has 0 radical (unpaired) electrons. The molecule has 3 rings (SSSR count). The van der Waals surface area contributed by atoms with Gasteiger partial charge in [0.1, 0.15) is 11.7 Å². The van der Waals surface area contributed by atoms with E-state index in [-0.39, 0.29) is 11.7 Å². The second kappa shape index (κ2) is 5.41. The first kappa shape index (κ1) is 14.0. The number of hydrogen-bond donors (Lipinski definition) is 1. The van der Waals surface area contributed by atoms with E-state index in [1.54, 1.807) is 0 Å². The molecule has 3 nitrogen and oxygen atoms in total. The fourth-order valence-corrected chi connectivity index (χ4v) is 3.71. The van der Waals surface area contributed by atoms with Crippen molar-refractivity contribution in [3.8, 4) is 0 Å². The molecule has 1 spiro atoms. The molecule has 4 heteroatoms. The summed E-state index contributed by atoms with van der Waals surface area (Å²) in [6, 6.07) is 10.3. The fourth-order valence-electron chi connectivity index (χ4n) is 3.04. The third-order valence-electron chi connectivity index (χ3n) is 4.22. The van der Waals surface area contributed by atoms with Crippen LogP contribution in [0.15, 0.2) is 30.3 Å². The summed E-state index contributed by atoms with van der Waals surface area (Å²) in [6.45, 7) is 3.07. The molecule has 2 aliphatic rings. The second-order valence-corrected chi connectivity index (χ2v) is 6.97. The average molecular weight is 290 g/mol. The Morgan fingerprint density at radius 3 is 2.70 bits per heavy atom. The highest BCUT2D eigenvalue weighted by molar-refractivity contribution is 7.98. The maximum absolute atomic E-state index is 12.7. The Hall–Kier alpha value is -1.00. The van der Waals surface area contributed by atoms with E-state index in [0.717, 1.165) is 25.1 Å². The molecule has 1 N–H and O–H groups in total. The molecular formula is C16H22N2OS. The van der Waals surface area contributed by atoms with Crippen LogP contribution >= 0.6 is 11.8 Å². The van der Waals surface area contributed by atoms with E-state index >= 15 is 0 Å². The first-order valence-electron chi connectivity index (χ1n) is 7.29. The van der Waals surface area contributed by atoms with Gasteiger partial charge in [-0.15, -0.1) is 0 Å². The number of benzene rings is 1. The van der Waals surface area contributed by atoms with E-state index in [1.807, 2.05) is 30.0 Å². The van der Waals surface area contributed by atoms with Crippen LogP contribution in [0.1, 0.15) is 31.5 Å². The van der Waals surface area contributed by atoms with Crippen molar-refractivity contribution in [2.24, 2.45) is 5.92 Å².